The van der Waals surface area contributed by atoms with Crippen LogP contribution in [0.2, 0.25) is 0 Å². The Morgan fingerprint density at radius 3 is 2.92 bits per heavy atom. The van der Waals surface area contributed by atoms with Crippen LogP contribution in [-0.4, -0.2) is 52.3 Å². The molecular weight excluding hydrogens is 310 g/mol. The number of aryl methyl sites for hydroxylation is 1. The highest BCUT2D eigenvalue weighted by Gasteiger charge is 2.33. The van der Waals surface area contributed by atoms with Crippen LogP contribution in [0.25, 0.3) is 0 Å². The average molecular weight is 331 g/mol. The minimum atomic E-state index is -0.361. The number of carbonyl (C=O) groups is 1. The number of amides is 2. The van der Waals surface area contributed by atoms with E-state index >= 15 is 0 Å². The summed E-state index contributed by atoms with van der Waals surface area (Å²) in [6.07, 6.45) is 5.64. The van der Waals surface area contributed by atoms with Crippen molar-refractivity contribution in [3.8, 4) is 0 Å². The fourth-order valence-electron chi connectivity index (χ4n) is 2.61. The summed E-state index contributed by atoms with van der Waals surface area (Å²) in [5.41, 5.74) is 0. The number of aromatic nitrogens is 4. The van der Waals surface area contributed by atoms with Gasteiger partial charge in [0.1, 0.15) is 17.7 Å². The maximum atomic E-state index is 12.3. The van der Waals surface area contributed by atoms with Gasteiger partial charge < -0.3 is 19.5 Å². The number of nitrogens with zero attached hydrogens (tertiary/aromatic N) is 5. The topological polar surface area (TPSA) is 97.2 Å². The van der Waals surface area contributed by atoms with Gasteiger partial charge in [-0.05, 0) is 12.5 Å². The Morgan fingerprint density at radius 2 is 2.21 bits per heavy atom. The van der Waals surface area contributed by atoms with Gasteiger partial charge in [-0.3, -0.25) is 5.32 Å². The maximum Gasteiger partial charge on any atom is 0.321 e. The van der Waals surface area contributed by atoms with Crippen molar-refractivity contribution < 1.29 is 9.53 Å². The van der Waals surface area contributed by atoms with E-state index in [-0.39, 0.29) is 24.1 Å². The van der Waals surface area contributed by atoms with Crippen molar-refractivity contribution in [2.75, 3.05) is 30.9 Å². The van der Waals surface area contributed by atoms with Crippen LogP contribution in [0.3, 0.4) is 0 Å². The lowest BCUT2D eigenvalue weighted by atomic mass is 10.1. The Kier molecular flexibility index (Phi) is 4.61. The van der Waals surface area contributed by atoms with E-state index in [2.05, 4.69) is 25.6 Å². The quantitative estimate of drug-likeness (QED) is 0.865. The van der Waals surface area contributed by atoms with E-state index in [0.717, 1.165) is 18.1 Å². The van der Waals surface area contributed by atoms with Crippen molar-refractivity contribution in [3.05, 3.63) is 30.5 Å². The number of imidazole rings is 1. The summed E-state index contributed by atoms with van der Waals surface area (Å²) in [6.45, 7) is 0.578. The fourth-order valence-corrected chi connectivity index (χ4v) is 2.61. The summed E-state index contributed by atoms with van der Waals surface area (Å²) in [4.78, 5) is 26.7. The third-order valence-electron chi connectivity index (χ3n) is 3.85. The number of hydrogen-bond donors (Lipinski definition) is 2. The SMILES string of the molecule is CN(C)c1ccnc(NC(=O)N[C@@H]2CCO[C@H]2c2nccn2C)n1. The molecule has 1 aliphatic rings. The molecule has 1 saturated heterocycles. The second-order valence-corrected chi connectivity index (χ2v) is 5.81. The third-order valence-corrected chi connectivity index (χ3v) is 3.85. The molecule has 0 unspecified atom stereocenters. The molecule has 2 N–H and O–H groups in total. The Balaban J connectivity index is 1.64. The minimum absolute atomic E-state index is 0.150. The fraction of sp³-hybridized carbons (Fsp3) is 0.467. The molecule has 1 aliphatic heterocycles. The van der Waals surface area contributed by atoms with Crippen LogP contribution in [0.4, 0.5) is 16.6 Å². The average Bonchev–Trinajstić information content (AvgIpc) is 3.15. The van der Waals surface area contributed by atoms with Crippen LogP contribution in [0.1, 0.15) is 18.3 Å². The zero-order chi connectivity index (χ0) is 17.1. The van der Waals surface area contributed by atoms with Gasteiger partial charge >= 0.3 is 6.03 Å². The van der Waals surface area contributed by atoms with E-state index in [4.69, 9.17) is 4.74 Å². The van der Waals surface area contributed by atoms with Gasteiger partial charge in [0, 0.05) is 46.3 Å². The molecule has 0 aliphatic carbocycles. The van der Waals surface area contributed by atoms with E-state index in [0.29, 0.717) is 6.61 Å². The van der Waals surface area contributed by atoms with Gasteiger partial charge in [0.2, 0.25) is 5.95 Å². The number of rotatable bonds is 4. The number of hydrogen-bond acceptors (Lipinski definition) is 6. The number of nitrogens with one attached hydrogen (secondary N) is 2. The Hall–Kier alpha value is -2.68. The lowest BCUT2D eigenvalue weighted by Gasteiger charge is -2.19. The summed E-state index contributed by atoms with van der Waals surface area (Å²) >= 11 is 0. The van der Waals surface area contributed by atoms with E-state index in [1.165, 1.54) is 0 Å². The van der Waals surface area contributed by atoms with Gasteiger partial charge in [0.15, 0.2) is 0 Å². The highest BCUT2D eigenvalue weighted by molar-refractivity contribution is 5.87. The Morgan fingerprint density at radius 1 is 1.38 bits per heavy atom. The minimum Gasteiger partial charge on any atom is -0.368 e. The van der Waals surface area contributed by atoms with Crippen LogP contribution in [0.5, 0.6) is 0 Å². The molecule has 3 heterocycles. The van der Waals surface area contributed by atoms with Gasteiger partial charge in [-0.25, -0.2) is 14.8 Å². The highest BCUT2D eigenvalue weighted by Crippen LogP contribution is 2.27. The zero-order valence-corrected chi connectivity index (χ0v) is 13.9. The molecule has 9 nitrogen and oxygen atoms in total. The summed E-state index contributed by atoms with van der Waals surface area (Å²) in [6, 6.07) is 1.26. The maximum absolute atomic E-state index is 12.3. The van der Waals surface area contributed by atoms with Gasteiger partial charge in [-0.15, -0.1) is 0 Å². The van der Waals surface area contributed by atoms with Crippen LogP contribution < -0.4 is 15.5 Å². The number of ether oxygens (including phenoxy) is 1. The standard InChI is InChI=1S/C15H21N7O2/c1-21(2)11-4-6-17-14(19-11)20-15(23)18-10-5-9-24-12(10)13-16-7-8-22(13)3/h4,6-8,10,12H,5,9H2,1-3H3,(H2,17,18,19,20,23)/t10-,12-/m1/s1. The molecule has 128 valence electrons. The first kappa shape index (κ1) is 16.2. The molecule has 0 saturated carbocycles. The van der Waals surface area contributed by atoms with Crippen molar-refractivity contribution >= 4 is 17.8 Å². The van der Waals surface area contributed by atoms with E-state index in [1.54, 1.807) is 18.5 Å². The molecule has 2 amide bonds. The molecule has 24 heavy (non-hydrogen) atoms. The van der Waals surface area contributed by atoms with Crippen LogP contribution in [0, 0.1) is 0 Å². The second-order valence-electron chi connectivity index (χ2n) is 5.81. The molecule has 2 aromatic heterocycles. The van der Waals surface area contributed by atoms with E-state index < -0.39 is 0 Å². The van der Waals surface area contributed by atoms with Gasteiger partial charge in [-0.1, -0.05) is 0 Å². The van der Waals surface area contributed by atoms with Crippen molar-refractivity contribution in [3.63, 3.8) is 0 Å². The molecule has 1 fully saturated rings. The lowest BCUT2D eigenvalue weighted by molar-refractivity contribution is 0.0913. The van der Waals surface area contributed by atoms with Crippen LogP contribution in [0.15, 0.2) is 24.7 Å². The molecule has 0 radical (unpaired) electrons. The predicted octanol–water partition coefficient (Wildman–Crippen LogP) is 0.928. The summed E-state index contributed by atoms with van der Waals surface area (Å²) < 4.78 is 7.62. The third kappa shape index (κ3) is 3.46. The van der Waals surface area contributed by atoms with Crippen molar-refractivity contribution in [1.82, 2.24) is 24.8 Å². The van der Waals surface area contributed by atoms with Crippen molar-refractivity contribution in [1.29, 1.82) is 0 Å². The molecular formula is C15H21N7O2. The lowest BCUT2D eigenvalue weighted by Crippen LogP contribution is -2.40. The molecule has 2 atom stereocenters. The van der Waals surface area contributed by atoms with Crippen LogP contribution in [-0.2, 0) is 11.8 Å². The summed E-state index contributed by atoms with van der Waals surface area (Å²) in [5, 5.41) is 5.58. The largest absolute Gasteiger partial charge is 0.368 e. The smallest absolute Gasteiger partial charge is 0.321 e. The summed E-state index contributed by atoms with van der Waals surface area (Å²) in [7, 11) is 5.65. The monoisotopic (exact) mass is 331 g/mol. The van der Waals surface area contributed by atoms with E-state index in [9.17, 15) is 4.79 Å². The van der Waals surface area contributed by atoms with Crippen LogP contribution >= 0.6 is 0 Å². The highest BCUT2D eigenvalue weighted by atomic mass is 16.5. The van der Waals surface area contributed by atoms with E-state index in [1.807, 2.05) is 36.8 Å². The molecule has 9 heteroatoms. The molecule has 0 aromatic carbocycles. The van der Waals surface area contributed by atoms with Gasteiger partial charge in [0.25, 0.3) is 0 Å². The van der Waals surface area contributed by atoms with Crippen molar-refractivity contribution in [2.24, 2.45) is 7.05 Å². The molecule has 3 rings (SSSR count). The normalized spacial score (nSPS) is 20.0. The number of urea groups is 1. The summed E-state index contributed by atoms with van der Waals surface area (Å²) in [5.74, 6) is 1.77. The first-order valence-corrected chi connectivity index (χ1v) is 7.71. The second kappa shape index (κ2) is 6.83. The molecule has 0 spiro atoms. The number of carbonyl (C=O) groups excluding carboxylic acids is 1. The Bertz CT molecular complexity index is 715. The molecule has 0 bridgehead atoms. The van der Waals surface area contributed by atoms with Gasteiger partial charge in [-0.2, -0.15) is 4.98 Å². The Labute approximate surface area is 140 Å². The first-order chi connectivity index (χ1) is 11.5. The van der Waals surface area contributed by atoms with Crippen molar-refractivity contribution in [2.45, 2.75) is 18.6 Å². The number of anilines is 2. The predicted molar refractivity (Wildman–Crippen MR) is 88.8 cm³/mol. The zero-order valence-electron chi connectivity index (χ0n) is 13.9. The van der Waals surface area contributed by atoms with Gasteiger partial charge in [0.05, 0.1) is 6.04 Å². The molecule has 2 aromatic rings. The first-order valence-electron chi connectivity index (χ1n) is 7.71.